The predicted octanol–water partition coefficient (Wildman–Crippen LogP) is 4.38. The number of para-hydroxylation sites is 2. The molecule has 0 saturated heterocycles. The fourth-order valence-corrected chi connectivity index (χ4v) is 2.89. The van der Waals surface area contributed by atoms with Gasteiger partial charge >= 0.3 is 0 Å². The number of aryl methyl sites for hydroxylation is 1. The standard InChI is InChI=1S/C18H18N4/c1-2-3-11-22-12-14(13-7-6-10-19-18(13)22)17-20-15-8-4-5-9-16(15)21-17/h4-10,12H,2-3,11H2,1H3,(H,20,21). The smallest absolute Gasteiger partial charge is 0.140 e. The van der Waals surface area contributed by atoms with Crippen molar-refractivity contribution in [3.05, 3.63) is 48.8 Å². The molecular formula is C18H18N4. The minimum atomic E-state index is 0.912. The third-order valence-corrected chi connectivity index (χ3v) is 4.03. The second kappa shape index (κ2) is 5.30. The first-order valence-electron chi connectivity index (χ1n) is 7.76. The molecule has 0 amide bonds. The normalized spacial score (nSPS) is 11.5. The van der Waals surface area contributed by atoms with E-state index >= 15 is 0 Å². The van der Waals surface area contributed by atoms with E-state index in [-0.39, 0.29) is 0 Å². The number of imidazole rings is 1. The zero-order chi connectivity index (χ0) is 14.9. The summed E-state index contributed by atoms with van der Waals surface area (Å²) in [6.45, 7) is 3.20. The summed E-state index contributed by atoms with van der Waals surface area (Å²) in [4.78, 5) is 12.7. The first-order chi connectivity index (χ1) is 10.9. The molecule has 1 N–H and O–H groups in total. The Bertz CT molecular complexity index is 899. The van der Waals surface area contributed by atoms with Gasteiger partial charge in [0.15, 0.2) is 0 Å². The fraction of sp³-hybridized carbons (Fsp3) is 0.222. The van der Waals surface area contributed by atoms with E-state index in [2.05, 4.69) is 39.8 Å². The summed E-state index contributed by atoms with van der Waals surface area (Å²) in [5.41, 5.74) is 4.22. The van der Waals surface area contributed by atoms with Crippen molar-refractivity contribution in [1.82, 2.24) is 19.5 Å². The highest BCUT2D eigenvalue weighted by atomic mass is 15.0. The number of nitrogens with zero attached hydrogens (tertiary/aromatic N) is 3. The van der Waals surface area contributed by atoms with Crippen molar-refractivity contribution in [2.75, 3.05) is 0 Å². The molecule has 4 nitrogen and oxygen atoms in total. The predicted molar refractivity (Wildman–Crippen MR) is 89.7 cm³/mol. The summed E-state index contributed by atoms with van der Waals surface area (Å²) in [5.74, 6) is 0.912. The second-order valence-electron chi connectivity index (χ2n) is 5.57. The number of hydrogen-bond donors (Lipinski definition) is 1. The lowest BCUT2D eigenvalue weighted by molar-refractivity contribution is 0.646. The zero-order valence-corrected chi connectivity index (χ0v) is 12.6. The lowest BCUT2D eigenvalue weighted by Crippen LogP contribution is -1.96. The number of H-pyrrole nitrogens is 1. The van der Waals surface area contributed by atoms with Gasteiger partial charge in [-0.15, -0.1) is 0 Å². The molecule has 0 spiro atoms. The van der Waals surface area contributed by atoms with Gasteiger partial charge in [-0.3, -0.25) is 0 Å². The van der Waals surface area contributed by atoms with Gasteiger partial charge in [0, 0.05) is 29.9 Å². The molecule has 1 aromatic carbocycles. The highest BCUT2D eigenvalue weighted by Crippen LogP contribution is 2.29. The maximum atomic E-state index is 4.73. The third kappa shape index (κ3) is 2.08. The number of pyridine rings is 1. The minimum Gasteiger partial charge on any atom is -0.338 e. The molecule has 0 atom stereocenters. The highest BCUT2D eigenvalue weighted by molar-refractivity contribution is 5.94. The summed E-state index contributed by atoms with van der Waals surface area (Å²) in [6, 6.07) is 12.2. The first-order valence-corrected chi connectivity index (χ1v) is 7.76. The van der Waals surface area contributed by atoms with Gasteiger partial charge in [0.25, 0.3) is 0 Å². The molecule has 0 aliphatic heterocycles. The lowest BCUT2D eigenvalue weighted by Gasteiger charge is -2.01. The summed E-state index contributed by atoms with van der Waals surface area (Å²) >= 11 is 0. The number of nitrogens with one attached hydrogen (secondary N) is 1. The van der Waals surface area contributed by atoms with Crippen LogP contribution in [0.2, 0.25) is 0 Å². The van der Waals surface area contributed by atoms with Gasteiger partial charge in [-0.1, -0.05) is 25.5 Å². The van der Waals surface area contributed by atoms with Crippen LogP contribution in [0, 0.1) is 0 Å². The minimum absolute atomic E-state index is 0.912. The van der Waals surface area contributed by atoms with E-state index in [9.17, 15) is 0 Å². The van der Waals surface area contributed by atoms with Gasteiger partial charge in [-0.05, 0) is 30.7 Å². The van der Waals surface area contributed by atoms with Crippen molar-refractivity contribution in [2.24, 2.45) is 0 Å². The van der Waals surface area contributed by atoms with Gasteiger partial charge in [-0.25, -0.2) is 9.97 Å². The molecule has 4 aromatic rings. The Hall–Kier alpha value is -2.62. The largest absolute Gasteiger partial charge is 0.338 e. The van der Waals surface area contributed by atoms with Crippen LogP contribution in [0.15, 0.2) is 48.8 Å². The van der Waals surface area contributed by atoms with Crippen LogP contribution >= 0.6 is 0 Å². The van der Waals surface area contributed by atoms with Gasteiger partial charge in [0.2, 0.25) is 0 Å². The summed E-state index contributed by atoms with van der Waals surface area (Å²) in [7, 11) is 0. The van der Waals surface area contributed by atoms with E-state index in [1.54, 1.807) is 0 Å². The van der Waals surface area contributed by atoms with Crippen molar-refractivity contribution in [2.45, 2.75) is 26.3 Å². The Morgan fingerprint density at radius 2 is 2.05 bits per heavy atom. The van der Waals surface area contributed by atoms with E-state index in [4.69, 9.17) is 4.98 Å². The Balaban J connectivity index is 1.90. The second-order valence-corrected chi connectivity index (χ2v) is 5.57. The number of aromatic nitrogens is 4. The van der Waals surface area contributed by atoms with E-state index in [0.717, 1.165) is 46.4 Å². The Labute approximate surface area is 128 Å². The maximum absolute atomic E-state index is 4.73. The van der Waals surface area contributed by atoms with Gasteiger partial charge in [0.1, 0.15) is 11.5 Å². The van der Waals surface area contributed by atoms with Crippen LogP contribution in [-0.2, 0) is 6.54 Å². The Morgan fingerprint density at radius 3 is 2.91 bits per heavy atom. The first kappa shape index (κ1) is 13.1. The molecule has 3 aromatic heterocycles. The van der Waals surface area contributed by atoms with Crippen LogP contribution < -0.4 is 0 Å². The van der Waals surface area contributed by atoms with Crippen LogP contribution in [0.1, 0.15) is 19.8 Å². The number of hydrogen-bond acceptors (Lipinski definition) is 2. The molecule has 110 valence electrons. The molecule has 0 fully saturated rings. The molecule has 0 saturated carbocycles. The van der Waals surface area contributed by atoms with Gasteiger partial charge < -0.3 is 9.55 Å². The molecule has 0 aliphatic carbocycles. The van der Waals surface area contributed by atoms with Gasteiger partial charge in [0.05, 0.1) is 11.0 Å². The monoisotopic (exact) mass is 290 g/mol. The highest BCUT2D eigenvalue weighted by Gasteiger charge is 2.13. The molecule has 3 heterocycles. The molecular weight excluding hydrogens is 272 g/mol. The van der Waals surface area contributed by atoms with Crippen molar-refractivity contribution < 1.29 is 0 Å². The fourth-order valence-electron chi connectivity index (χ4n) is 2.89. The average Bonchev–Trinajstić information content (AvgIpc) is 3.14. The maximum Gasteiger partial charge on any atom is 0.140 e. The van der Waals surface area contributed by atoms with Gasteiger partial charge in [-0.2, -0.15) is 0 Å². The Kier molecular flexibility index (Phi) is 3.15. The number of rotatable bonds is 4. The zero-order valence-electron chi connectivity index (χ0n) is 12.6. The van der Waals surface area contributed by atoms with Crippen LogP contribution in [0.25, 0.3) is 33.5 Å². The molecule has 4 rings (SSSR count). The molecule has 4 heteroatoms. The number of benzene rings is 1. The third-order valence-electron chi connectivity index (χ3n) is 4.03. The number of fused-ring (bicyclic) bond motifs is 2. The van der Waals surface area contributed by atoms with E-state index < -0.39 is 0 Å². The Morgan fingerprint density at radius 1 is 1.14 bits per heavy atom. The lowest BCUT2D eigenvalue weighted by atomic mass is 10.2. The van der Waals surface area contributed by atoms with Crippen molar-refractivity contribution in [1.29, 1.82) is 0 Å². The molecule has 0 radical (unpaired) electrons. The van der Waals surface area contributed by atoms with E-state index in [1.165, 1.54) is 6.42 Å². The molecule has 0 unspecified atom stereocenters. The molecule has 0 aliphatic rings. The quantitative estimate of drug-likeness (QED) is 0.606. The van der Waals surface area contributed by atoms with Crippen molar-refractivity contribution in [3.8, 4) is 11.4 Å². The molecule has 0 bridgehead atoms. The van der Waals surface area contributed by atoms with Crippen LogP contribution in [0.3, 0.4) is 0 Å². The van der Waals surface area contributed by atoms with Crippen LogP contribution in [0.4, 0.5) is 0 Å². The van der Waals surface area contributed by atoms with E-state index in [1.807, 2.05) is 30.5 Å². The van der Waals surface area contributed by atoms with Crippen LogP contribution in [0.5, 0.6) is 0 Å². The summed E-state index contributed by atoms with van der Waals surface area (Å²) in [6.07, 6.45) is 6.35. The van der Waals surface area contributed by atoms with Crippen molar-refractivity contribution >= 4 is 22.1 Å². The van der Waals surface area contributed by atoms with Crippen LogP contribution in [-0.4, -0.2) is 19.5 Å². The topological polar surface area (TPSA) is 46.5 Å². The molecule has 22 heavy (non-hydrogen) atoms. The average molecular weight is 290 g/mol. The van der Waals surface area contributed by atoms with Crippen molar-refractivity contribution in [3.63, 3.8) is 0 Å². The summed E-state index contributed by atoms with van der Waals surface area (Å²) in [5, 5.41) is 1.15. The number of aromatic amines is 1. The van der Waals surface area contributed by atoms with E-state index in [0.29, 0.717) is 0 Å². The number of unbranched alkanes of at least 4 members (excludes halogenated alkanes) is 1. The SMILES string of the molecule is CCCCn1cc(-c2nc3ccccc3[nH]2)c2cccnc21. The summed E-state index contributed by atoms with van der Waals surface area (Å²) < 4.78 is 2.24.